The number of carbonyl (C=O) groups is 1. The third-order valence-electron chi connectivity index (χ3n) is 4.11. The highest BCUT2D eigenvalue weighted by Gasteiger charge is 2.48. The first-order valence-electron chi connectivity index (χ1n) is 6.92. The Morgan fingerprint density at radius 1 is 1.60 bits per heavy atom. The summed E-state index contributed by atoms with van der Waals surface area (Å²) in [6, 6.07) is 2.16. The summed E-state index contributed by atoms with van der Waals surface area (Å²) in [4.78, 5) is 13.7. The molecule has 1 aromatic rings. The maximum atomic E-state index is 11.9. The fourth-order valence-corrected chi connectivity index (χ4v) is 3.28. The van der Waals surface area contributed by atoms with Crippen molar-refractivity contribution < 1.29 is 9.90 Å². The summed E-state index contributed by atoms with van der Waals surface area (Å²) in [6.45, 7) is 4.42. The summed E-state index contributed by atoms with van der Waals surface area (Å²) in [5, 5.41) is 23.3. The van der Waals surface area contributed by atoms with Crippen LogP contribution in [0.2, 0.25) is 0 Å². The van der Waals surface area contributed by atoms with Gasteiger partial charge in [-0.15, -0.1) is 0 Å². The molecule has 0 radical (unpaired) electrons. The first kappa shape index (κ1) is 14.4. The molecule has 1 unspecified atom stereocenters. The van der Waals surface area contributed by atoms with E-state index in [-0.39, 0.29) is 0 Å². The summed E-state index contributed by atoms with van der Waals surface area (Å²) in [5.74, 6) is -0.169. The molecule has 0 saturated carbocycles. The van der Waals surface area contributed by atoms with Crippen molar-refractivity contribution in [2.75, 3.05) is 11.4 Å². The molecule has 6 heteroatoms. The minimum absolute atomic E-state index is 0.483. The Hall–Kier alpha value is -2.03. The molecular weight excluding hydrogens is 256 g/mol. The fraction of sp³-hybridized carbons (Fsp3) is 0.643. The van der Waals surface area contributed by atoms with Crippen LogP contribution in [0, 0.1) is 18.3 Å². The molecule has 1 N–H and O–H groups in total. The average molecular weight is 276 g/mol. The Bertz CT molecular complexity index is 572. The maximum Gasteiger partial charge on any atom is 0.329 e. The number of anilines is 1. The monoisotopic (exact) mass is 276 g/mol. The summed E-state index contributed by atoms with van der Waals surface area (Å²) in [7, 11) is 1.76. The van der Waals surface area contributed by atoms with Crippen LogP contribution in [-0.4, -0.2) is 32.9 Å². The van der Waals surface area contributed by atoms with Crippen LogP contribution in [0.3, 0.4) is 0 Å². The van der Waals surface area contributed by atoms with E-state index >= 15 is 0 Å². The van der Waals surface area contributed by atoms with Gasteiger partial charge in [-0.1, -0.05) is 13.3 Å². The van der Waals surface area contributed by atoms with Gasteiger partial charge >= 0.3 is 5.97 Å². The highest BCUT2D eigenvalue weighted by Crippen LogP contribution is 2.39. The van der Waals surface area contributed by atoms with E-state index in [2.05, 4.69) is 11.2 Å². The molecule has 0 aliphatic carbocycles. The van der Waals surface area contributed by atoms with E-state index in [0.717, 1.165) is 12.8 Å². The summed E-state index contributed by atoms with van der Waals surface area (Å²) in [6.07, 6.45) is 2.81. The van der Waals surface area contributed by atoms with Gasteiger partial charge in [-0.2, -0.15) is 10.4 Å². The minimum Gasteiger partial charge on any atom is -0.479 e. The van der Waals surface area contributed by atoms with Crippen molar-refractivity contribution in [2.45, 2.75) is 45.1 Å². The van der Waals surface area contributed by atoms with Gasteiger partial charge in [0, 0.05) is 13.6 Å². The van der Waals surface area contributed by atoms with Crippen molar-refractivity contribution in [1.82, 2.24) is 9.78 Å². The van der Waals surface area contributed by atoms with E-state index in [1.807, 2.05) is 11.8 Å². The molecule has 0 aromatic carbocycles. The molecule has 1 saturated heterocycles. The molecule has 2 heterocycles. The van der Waals surface area contributed by atoms with Gasteiger partial charge in [-0.25, -0.2) is 4.79 Å². The van der Waals surface area contributed by atoms with Crippen LogP contribution in [0.5, 0.6) is 0 Å². The number of nitriles is 1. The lowest BCUT2D eigenvalue weighted by Gasteiger charge is -2.36. The number of hydrogen-bond donors (Lipinski definition) is 1. The van der Waals surface area contributed by atoms with Crippen LogP contribution in [-0.2, 0) is 11.8 Å². The lowest BCUT2D eigenvalue weighted by Crippen LogP contribution is -2.51. The molecule has 1 aromatic heterocycles. The van der Waals surface area contributed by atoms with Gasteiger partial charge in [0.25, 0.3) is 0 Å². The van der Waals surface area contributed by atoms with Crippen molar-refractivity contribution in [1.29, 1.82) is 5.26 Å². The fourth-order valence-electron chi connectivity index (χ4n) is 3.28. The molecule has 0 bridgehead atoms. The molecular formula is C14H20N4O2. The smallest absolute Gasteiger partial charge is 0.329 e. The number of carboxylic acid groups (broad SMARTS) is 1. The van der Waals surface area contributed by atoms with E-state index in [9.17, 15) is 15.2 Å². The Labute approximate surface area is 118 Å². The van der Waals surface area contributed by atoms with E-state index in [1.165, 1.54) is 0 Å². The summed E-state index contributed by atoms with van der Waals surface area (Å²) in [5.41, 5.74) is 0.226. The predicted octanol–water partition coefficient (Wildman–Crippen LogP) is 1.82. The largest absolute Gasteiger partial charge is 0.479 e. The third-order valence-corrected chi connectivity index (χ3v) is 4.11. The number of hydrogen-bond acceptors (Lipinski definition) is 4. The minimum atomic E-state index is -0.902. The zero-order valence-corrected chi connectivity index (χ0v) is 12.2. The van der Waals surface area contributed by atoms with Crippen LogP contribution in [0.15, 0.2) is 0 Å². The maximum absolute atomic E-state index is 11.9. The first-order chi connectivity index (χ1) is 9.47. The van der Waals surface area contributed by atoms with E-state index in [1.54, 1.807) is 18.7 Å². The predicted molar refractivity (Wildman–Crippen MR) is 74.5 cm³/mol. The van der Waals surface area contributed by atoms with Gasteiger partial charge in [0.2, 0.25) is 0 Å². The van der Waals surface area contributed by atoms with Crippen molar-refractivity contribution in [3.63, 3.8) is 0 Å². The second-order valence-electron chi connectivity index (χ2n) is 5.36. The lowest BCUT2D eigenvalue weighted by atomic mass is 9.90. The normalized spacial score (nSPS) is 22.0. The highest BCUT2D eigenvalue weighted by molar-refractivity contribution is 5.85. The van der Waals surface area contributed by atoms with E-state index < -0.39 is 11.5 Å². The Balaban J connectivity index is 2.56. The van der Waals surface area contributed by atoms with Gasteiger partial charge in [0.1, 0.15) is 23.0 Å². The SMILES string of the molecule is CCCC1(C(=O)O)CCCN1c1c(C#N)c(C)nn1C. The molecule has 0 amide bonds. The number of aliphatic carboxylic acids is 1. The van der Waals surface area contributed by atoms with Crippen molar-refractivity contribution in [2.24, 2.45) is 7.05 Å². The number of carboxylic acids is 1. The number of aromatic nitrogens is 2. The van der Waals surface area contributed by atoms with E-state index in [0.29, 0.717) is 36.5 Å². The molecule has 0 spiro atoms. The van der Waals surface area contributed by atoms with Crippen molar-refractivity contribution in [3.05, 3.63) is 11.3 Å². The quantitative estimate of drug-likeness (QED) is 0.907. The van der Waals surface area contributed by atoms with Crippen molar-refractivity contribution in [3.8, 4) is 6.07 Å². The molecule has 1 aliphatic rings. The molecule has 1 aliphatic heterocycles. The lowest BCUT2D eigenvalue weighted by molar-refractivity contribution is -0.143. The zero-order chi connectivity index (χ0) is 14.9. The van der Waals surface area contributed by atoms with Gasteiger partial charge in [0.05, 0.1) is 5.69 Å². The number of aryl methyl sites for hydroxylation is 2. The third kappa shape index (κ3) is 1.94. The molecule has 1 atom stereocenters. The van der Waals surface area contributed by atoms with Crippen molar-refractivity contribution >= 4 is 11.8 Å². The summed E-state index contributed by atoms with van der Waals surface area (Å²) < 4.78 is 1.63. The highest BCUT2D eigenvalue weighted by atomic mass is 16.4. The molecule has 108 valence electrons. The van der Waals surface area contributed by atoms with Crippen LogP contribution in [0.25, 0.3) is 0 Å². The van der Waals surface area contributed by atoms with E-state index in [4.69, 9.17) is 0 Å². The van der Waals surface area contributed by atoms with Gasteiger partial charge in [-0.3, -0.25) is 4.68 Å². The summed E-state index contributed by atoms with van der Waals surface area (Å²) >= 11 is 0. The number of rotatable bonds is 4. The average Bonchev–Trinajstić information content (AvgIpc) is 2.91. The molecule has 1 fully saturated rings. The Morgan fingerprint density at radius 2 is 2.30 bits per heavy atom. The van der Waals surface area contributed by atoms with Gasteiger partial charge < -0.3 is 10.0 Å². The first-order valence-corrected chi connectivity index (χ1v) is 6.92. The van der Waals surface area contributed by atoms with Gasteiger partial charge in [-0.05, 0) is 26.2 Å². The molecule has 6 nitrogen and oxygen atoms in total. The number of nitrogens with zero attached hydrogens (tertiary/aromatic N) is 4. The van der Waals surface area contributed by atoms with Crippen LogP contribution < -0.4 is 4.90 Å². The standard InChI is InChI=1S/C14H20N4O2/c1-4-6-14(13(19)20)7-5-8-18(14)12-11(9-15)10(2)16-17(12)3/h4-8H2,1-3H3,(H,19,20). The second kappa shape index (κ2) is 5.16. The van der Waals surface area contributed by atoms with Crippen LogP contribution in [0.1, 0.15) is 43.9 Å². The van der Waals surface area contributed by atoms with Crippen LogP contribution >= 0.6 is 0 Å². The molecule has 20 heavy (non-hydrogen) atoms. The molecule has 2 rings (SSSR count). The Morgan fingerprint density at radius 3 is 2.85 bits per heavy atom. The zero-order valence-electron chi connectivity index (χ0n) is 12.2. The Kier molecular flexibility index (Phi) is 3.71. The van der Waals surface area contributed by atoms with Crippen LogP contribution in [0.4, 0.5) is 5.82 Å². The second-order valence-corrected chi connectivity index (χ2v) is 5.36. The van der Waals surface area contributed by atoms with Gasteiger partial charge in [0.15, 0.2) is 0 Å². The topological polar surface area (TPSA) is 82.2 Å².